The maximum atomic E-state index is 8.96. The SMILES string of the molecule is CC(C)(C#N)CCOCC(C)(C)CNCc1ccccc1. The summed E-state index contributed by atoms with van der Waals surface area (Å²) >= 11 is 0. The van der Waals surface area contributed by atoms with Gasteiger partial charge in [0.25, 0.3) is 0 Å². The average Bonchev–Trinajstić information content (AvgIpc) is 2.45. The van der Waals surface area contributed by atoms with Crippen molar-refractivity contribution >= 4 is 0 Å². The molecule has 0 aliphatic rings. The van der Waals surface area contributed by atoms with Gasteiger partial charge in [0, 0.05) is 25.1 Å². The second-order valence-electron chi connectivity index (χ2n) is 7.05. The smallest absolute Gasteiger partial charge is 0.0684 e. The zero-order valence-corrected chi connectivity index (χ0v) is 13.8. The lowest BCUT2D eigenvalue weighted by Gasteiger charge is -2.25. The van der Waals surface area contributed by atoms with Gasteiger partial charge in [-0.2, -0.15) is 5.26 Å². The summed E-state index contributed by atoms with van der Waals surface area (Å²) in [4.78, 5) is 0. The second kappa shape index (κ2) is 8.17. The summed E-state index contributed by atoms with van der Waals surface area (Å²) in [7, 11) is 0. The van der Waals surface area contributed by atoms with E-state index in [1.54, 1.807) is 0 Å². The molecule has 21 heavy (non-hydrogen) atoms. The highest BCUT2D eigenvalue weighted by atomic mass is 16.5. The molecule has 0 spiro atoms. The molecule has 0 saturated heterocycles. The molecule has 0 heterocycles. The molecule has 1 aromatic rings. The van der Waals surface area contributed by atoms with Crippen molar-refractivity contribution in [2.75, 3.05) is 19.8 Å². The molecular weight excluding hydrogens is 260 g/mol. The van der Waals surface area contributed by atoms with E-state index in [0.29, 0.717) is 13.2 Å². The van der Waals surface area contributed by atoms with Crippen LogP contribution in [0.5, 0.6) is 0 Å². The van der Waals surface area contributed by atoms with Gasteiger partial charge in [-0.3, -0.25) is 0 Å². The first kappa shape index (κ1) is 17.7. The molecule has 0 unspecified atom stereocenters. The van der Waals surface area contributed by atoms with Crippen LogP contribution in [0, 0.1) is 22.2 Å². The van der Waals surface area contributed by atoms with Gasteiger partial charge in [-0.05, 0) is 25.8 Å². The Hall–Kier alpha value is -1.37. The van der Waals surface area contributed by atoms with Gasteiger partial charge in [0.15, 0.2) is 0 Å². The van der Waals surface area contributed by atoms with Gasteiger partial charge in [0.05, 0.1) is 18.1 Å². The molecule has 0 aliphatic carbocycles. The molecule has 1 rings (SSSR count). The van der Waals surface area contributed by atoms with Gasteiger partial charge in [-0.1, -0.05) is 44.2 Å². The molecule has 1 N–H and O–H groups in total. The minimum atomic E-state index is -0.296. The number of hydrogen-bond donors (Lipinski definition) is 1. The maximum absolute atomic E-state index is 8.96. The summed E-state index contributed by atoms with van der Waals surface area (Å²) < 4.78 is 5.75. The summed E-state index contributed by atoms with van der Waals surface area (Å²) in [5, 5.41) is 12.4. The monoisotopic (exact) mass is 288 g/mol. The Morgan fingerprint density at radius 2 is 1.81 bits per heavy atom. The Labute approximate surface area is 129 Å². The third-order valence-corrected chi connectivity index (χ3v) is 3.44. The van der Waals surface area contributed by atoms with Crippen LogP contribution in [-0.2, 0) is 11.3 Å². The molecule has 116 valence electrons. The lowest BCUT2D eigenvalue weighted by molar-refractivity contribution is 0.0512. The Morgan fingerprint density at radius 1 is 1.14 bits per heavy atom. The highest BCUT2D eigenvalue weighted by molar-refractivity contribution is 5.14. The van der Waals surface area contributed by atoms with Crippen molar-refractivity contribution in [2.24, 2.45) is 10.8 Å². The van der Waals surface area contributed by atoms with Crippen LogP contribution < -0.4 is 5.32 Å². The molecule has 0 bridgehead atoms. The maximum Gasteiger partial charge on any atom is 0.0684 e. The Balaban J connectivity index is 2.20. The number of nitriles is 1. The molecule has 3 nitrogen and oxygen atoms in total. The number of benzene rings is 1. The van der Waals surface area contributed by atoms with Gasteiger partial charge in [0.1, 0.15) is 0 Å². The van der Waals surface area contributed by atoms with Gasteiger partial charge in [-0.15, -0.1) is 0 Å². The predicted octanol–water partition coefficient (Wildman–Crippen LogP) is 3.76. The van der Waals surface area contributed by atoms with Gasteiger partial charge in [0.2, 0.25) is 0 Å². The fourth-order valence-electron chi connectivity index (χ4n) is 1.92. The van der Waals surface area contributed by atoms with Crippen molar-refractivity contribution in [3.63, 3.8) is 0 Å². The third-order valence-electron chi connectivity index (χ3n) is 3.44. The van der Waals surface area contributed by atoms with E-state index in [-0.39, 0.29) is 10.8 Å². The van der Waals surface area contributed by atoms with E-state index in [4.69, 9.17) is 10.00 Å². The first-order chi connectivity index (χ1) is 9.85. The van der Waals surface area contributed by atoms with E-state index in [0.717, 1.165) is 19.5 Å². The molecule has 0 fully saturated rings. The fraction of sp³-hybridized carbons (Fsp3) is 0.611. The van der Waals surface area contributed by atoms with Crippen LogP contribution in [0.4, 0.5) is 0 Å². The van der Waals surface area contributed by atoms with Crippen LogP contribution in [0.3, 0.4) is 0 Å². The van der Waals surface area contributed by atoms with Crippen molar-refractivity contribution in [1.29, 1.82) is 5.26 Å². The minimum absolute atomic E-state index is 0.0889. The quantitative estimate of drug-likeness (QED) is 0.704. The predicted molar refractivity (Wildman–Crippen MR) is 86.8 cm³/mol. The summed E-state index contributed by atoms with van der Waals surface area (Å²) in [6.45, 7) is 11.4. The minimum Gasteiger partial charge on any atom is -0.381 e. The zero-order valence-electron chi connectivity index (χ0n) is 13.8. The van der Waals surface area contributed by atoms with Crippen LogP contribution >= 0.6 is 0 Å². The summed E-state index contributed by atoms with van der Waals surface area (Å²) in [6, 6.07) is 12.7. The van der Waals surface area contributed by atoms with Crippen LogP contribution in [0.2, 0.25) is 0 Å². The molecule has 0 radical (unpaired) electrons. The summed E-state index contributed by atoms with van der Waals surface area (Å²) in [6.07, 6.45) is 0.775. The topological polar surface area (TPSA) is 45.0 Å². The van der Waals surface area contributed by atoms with Gasteiger partial charge in [-0.25, -0.2) is 0 Å². The van der Waals surface area contributed by atoms with E-state index in [2.05, 4.69) is 49.5 Å². The summed E-state index contributed by atoms with van der Waals surface area (Å²) in [5.74, 6) is 0. The number of nitrogens with one attached hydrogen (secondary N) is 1. The Morgan fingerprint density at radius 3 is 2.43 bits per heavy atom. The van der Waals surface area contributed by atoms with E-state index in [1.807, 2.05) is 19.9 Å². The molecule has 1 aromatic carbocycles. The second-order valence-corrected chi connectivity index (χ2v) is 7.05. The number of ether oxygens (including phenoxy) is 1. The molecule has 0 aliphatic heterocycles. The van der Waals surface area contributed by atoms with Crippen molar-refractivity contribution in [3.8, 4) is 6.07 Å². The van der Waals surface area contributed by atoms with E-state index < -0.39 is 0 Å². The molecular formula is C18H28N2O. The van der Waals surface area contributed by atoms with Crippen molar-refractivity contribution in [3.05, 3.63) is 35.9 Å². The average molecular weight is 288 g/mol. The number of hydrogen-bond acceptors (Lipinski definition) is 3. The van der Waals surface area contributed by atoms with Crippen molar-refractivity contribution in [2.45, 2.75) is 40.7 Å². The Kier molecular flexibility index (Phi) is 6.87. The number of nitrogens with zero attached hydrogens (tertiary/aromatic N) is 1. The Bertz CT molecular complexity index is 446. The highest BCUT2D eigenvalue weighted by Crippen LogP contribution is 2.20. The molecule has 0 saturated carbocycles. The lowest BCUT2D eigenvalue weighted by Crippen LogP contribution is -2.33. The molecule has 3 heteroatoms. The largest absolute Gasteiger partial charge is 0.381 e. The highest BCUT2D eigenvalue weighted by Gasteiger charge is 2.20. The fourth-order valence-corrected chi connectivity index (χ4v) is 1.92. The van der Waals surface area contributed by atoms with Crippen molar-refractivity contribution < 1.29 is 4.74 Å². The normalized spacial score (nSPS) is 12.1. The van der Waals surface area contributed by atoms with Crippen LogP contribution in [0.15, 0.2) is 30.3 Å². The van der Waals surface area contributed by atoms with Crippen LogP contribution in [0.1, 0.15) is 39.7 Å². The molecule has 0 atom stereocenters. The third kappa shape index (κ3) is 7.84. The van der Waals surface area contributed by atoms with E-state index >= 15 is 0 Å². The van der Waals surface area contributed by atoms with E-state index in [1.165, 1.54) is 5.56 Å². The standard InChI is InChI=1S/C18H28N2O/c1-17(2,13-19)10-11-21-15-18(3,4)14-20-12-16-8-6-5-7-9-16/h5-9,20H,10-12,14-15H2,1-4H3. The molecule has 0 amide bonds. The molecule has 0 aromatic heterocycles. The van der Waals surface area contributed by atoms with Gasteiger partial charge < -0.3 is 10.1 Å². The summed E-state index contributed by atoms with van der Waals surface area (Å²) in [5.41, 5.74) is 1.09. The van der Waals surface area contributed by atoms with Crippen molar-refractivity contribution in [1.82, 2.24) is 5.32 Å². The first-order valence-electron chi connectivity index (χ1n) is 7.58. The zero-order chi connectivity index (χ0) is 15.8. The van der Waals surface area contributed by atoms with Gasteiger partial charge >= 0.3 is 0 Å². The van der Waals surface area contributed by atoms with Crippen LogP contribution in [0.25, 0.3) is 0 Å². The lowest BCUT2D eigenvalue weighted by atomic mass is 9.92. The number of rotatable bonds is 9. The van der Waals surface area contributed by atoms with Crippen LogP contribution in [-0.4, -0.2) is 19.8 Å². The first-order valence-corrected chi connectivity index (χ1v) is 7.58. The van der Waals surface area contributed by atoms with E-state index in [9.17, 15) is 0 Å².